The number of benzene rings is 1. The number of ether oxygens (including phenoxy) is 1. The molecular weight excluding hydrogens is 231 g/mol. The first kappa shape index (κ1) is 13.2. The van der Waals surface area contributed by atoms with E-state index < -0.39 is 0 Å². The predicted molar refractivity (Wildman–Crippen MR) is 67.9 cm³/mol. The molecule has 1 aromatic carbocycles. The fraction of sp³-hybridized carbons (Fsp3) is 0.533. The van der Waals surface area contributed by atoms with Gasteiger partial charge in [0.1, 0.15) is 11.6 Å². The molecule has 0 saturated heterocycles. The van der Waals surface area contributed by atoms with Crippen molar-refractivity contribution in [2.75, 3.05) is 6.61 Å². The first-order valence-corrected chi connectivity index (χ1v) is 6.55. The highest BCUT2D eigenvalue weighted by Crippen LogP contribution is 2.33. The van der Waals surface area contributed by atoms with Crippen LogP contribution < -0.4 is 0 Å². The van der Waals surface area contributed by atoms with Gasteiger partial charge in [0.2, 0.25) is 0 Å². The molecule has 0 unspecified atom stereocenters. The Morgan fingerprint density at radius 2 is 2.22 bits per heavy atom. The van der Waals surface area contributed by atoms with Crippen LogP contribution in [0.25, 0.3) is 0 Å². The third-order valence-corrected chi connectivity index (χ3v) is 3.40. The Morgan fingerprint density at radius 3 is 2.89 bits per heavy atom. The van der Waals surface area contributed by atoms with Crippen molar-refractivity contribution in [3.63, 3.8) is 0 Å². The number of halogens is 1. The minimum atomic E-state index is -0.277. The summed E-state index contributed by atoms with van der Waals surface area (Å²) in [4.78, 5) is 11.8. The fourth-order valence-electron chi connectivity index (χ4n) is 2.48. The van der Waals surface area contributed by atoms with Crippen LogP contribution in [-0.4, -0.2) is 18.5 Å². The quantitative estimate of drug-likeness (QED) is 0.775. The van der Waals surface area contributed by atoms with Crippen molar-refractivity contribution in [3.05, 3.63) is 35.6 Å². The van der Waals surface area contributed by atoms with Gasteiger partial charge in [0.15, 0.2) is 0 Å². The van der Waals surface area contributed by atoms with E-state index in [1.807, 2.05) is 6.92 Å². The molecule has 1 aromatic rings. The van der Waals surface area contributed by atoms with Gasteiger partial charge in [-0.25, -0.2) is 4.39 Å². The van der Waals surface area contributed by atoms with Gasteiger partial charge in [-0.2, -0.15) is 0 Å². The van der Waals surface area contributed by atoms with Crippen molar-refractivity contribution in [1.82, 2.24) is 0 Å². The zero-order valence-electron chi connectivity index (χ0n) is 10.7. The van der Waals surface area contributed by atoms with E-state index in [4.69, 9.17) is 4.74 Å². The van der Waals surface area contributed by atoms with E-state index >= 15 is 0 Å². The molecule has 0 bridgehead atoms. The van der Waals surface area contributed by atoms with Crippen LogP contribution in [0.3, 0.4) is 0 Å². The van der Waals surface area contributed by atoms with Crippen LogP contribution in [0.2, 0.25) is 0 Å². The van der Waals surface area contributed by atoms with E-state index in [1.54, 1.807) is 12.1 Å². The summed E-state index contributed by atoms with van der Waals surface area (Å²) in [5.74, 6) is 0.378. The number of hydrogen-bond acceptors (Lipinski definition) is 2. The molecule has 98 valence electrons. The summed E-state index contributed by atoms with van der Waals surface area (Å²) in [5.41, 5.74) is 0.765. The number of rotatable bonds is 6. The number of hydrogen-bond donors (Lipinski definition) is 0. The predicted octanol–water partition coefficient (Wildman–Crippen LogP) is 3.14. The van der Waals surface area contributed by atoms with Gasteiger partial charge < -0.3 is 4.74 Å². The second kappa shape index (κ2) is 6.10. The van der Waals surface area contributed by atoms with Crippen LogP contribution in [-0.2, 0) is 16.0 Å². The summed E-state index contributed by atoms with van der Waals surface area (Å²) in [6.45, 7) is 2.73. The van der Waals surface area contributed by atoms with Gasteiger partial charge in [0.05, 0.1) is 6.10 Å². The molecule has 3 heteroatoms. The molecule has 0 heterocycles. The Labute approximate surface area is 107 Å². The lowest BCUT2D eigenvalue weighted by Gasteiger charge is -2.34. The Hall–Kier alpha value is -1.22. The molecule has 0 N–H and O–H groups in total. The summed E-state index contributed by atoms with van der Waals surface area (Å²) >= 11 is 0. The number of carbonyl (C=O) groups is 1. The SMILES string of the molecule is CCOC1CC(CC(=O)Cc2cccc(F)c2)C1. The first-order valence-electron chi connectivity index (χ1n) is 6.55. The van der Waals surface area contributed by atoms with Gasteiger partial charge in [-0.1, -0.05) is 12.1 Å². The second-order valence-corrected chi connectivity index (χ2v) is 4.96. The van der Waals surface area contributed by atoms with Crippen molar-refractivity contribution in [3.8, 4) is 0 Å². The molecule has 1 fully saturated rings. The molecule has 1 aliphatic carbocycles. The summed E-state index contributed by atoms with van der Waals surface area (Å²) in [6, 6.07) is 6.27. The number of carbonyl (C=O) groups excluding carboxylic acids is 1. The smallest absolute Gasteiger partial charge is 0.137 e. The molecule has 1 aliphatic rings. The summed E-state index contributed by atoms with van der Waals surface area (Å²) < 4.78 is 18.4. The number of ketones is 1. The normalized spacial score (nSPS) is 22.6. The molecular formula is C15H19FO2. The van der Waals surface area contributed by atoms with Crippen molar-refractivity contribution in [2.45, 2.75) is 38.7 Å². The minimum Gasteiger partial charge on any atom is -0.378 e. The fourth-order valence-corrected chi connectivity index (χ4v) is 2.48. The standard InChI is InChI=1S/C15H19FO2/c1-2-18-15-9-12(10-15)8-14(17)7-11-4-3-5-13(16)6-11/h3-6,12,15H,2,7-10H2,1H3. The molecule has 0 aromatic heterocycles. The highest BCUT2D eigenvalue weighted by atomic mass is 19.1. The largest absolute Gasteiger partial charge is 0.378 e. The molecule has 0 radical (unpaired) electrons. The van der Waals surface area contributed by atoms with E-state index in [0.717, 1.165) is 25.0 Å². The molecule has 18 heavy (non-hydrogen) atoms. The molecule has 0 aliphatic heterocycles. The Balaban J connectivity index is 1.73. The van der Waals surface area contributed by atoms with Gasteiger partial charge in [-0.15, -0.1) is 0 Å². The Kier molecular flexibility index (Phi) is 4.48. The van der Waals surface area contributed by atoms with Crippen LogP contribution >= 0.6 is 0 Å². The van der Waals surface area contributed by atoms with E-state index in [2.05, 4.69) is 0 Å². The van der Waals surface area contributed by atoms with Crippen LogP contribution in [0.4, 0.5) is 4.39 Å². The first-order chi connectivity index (χ1) is 8.67. The second-order valence-electron chi connectivity index (χ2n) is 4.96. The number of Topliss-reactive ketones (excluding diaryl/α,β-unsaturated/α-hetero) is 1. The van der Waals surface area contributed by atoms with E-state index in [0.29, 0.717) is 24.9 Å². The highest BCUT2D eigenvalue weighted by Gasteiger charge is 2.30. The summed E-state index contributed by atoms with van der Waals surface area (Å²) in [5, 5.41) is 0. The average Bonchev–Trinajstić information content (AvgIpc) is 2.26. The van der Waals surface area contributed by atoms with Gasteiger partial charge >= 0.3 is 0 Å². The van der Waals surface area contributed by atoms with E-state index in [-0.39, 0.29) is 11.6 Å². The molecule has 2 rings (SSSR count). The lowest BCUT2D eigenvalue weighted by atomic mass is 9.78. The van der Waals surface area contributed by atoms with Crippen LogP contribution in [0.5, 0.6) is 0 Å². The monoisotopic (exact) mass is 250 g/mol. The molecule has 1 saturated carbocycles. The third kappa shape index (κ3) is 3.64. The van der Waals surface area contributed by atoms with Crippen molar-refractivity contribution in [1.29, 1.82) is 0 Å². The van der Waals surface area contributed by atoms with Gasteiger partial charge in [0.25, 0.3) is 0 Å². The zero-order chi connectivity index (χ0) is 13.0. The maximum Gasteiger partial charge on any atom is 0.137 e. The topological polar surface area (TPSA) is 26.3 Å². The van der Waals surface area contributed by atoms with Gasteiger partial charge in [-0.05, 0) is 43.4 Å². The molecule has 0 amide bonds. The molecule has 0 spiro atoms. The maximum atomic E-state index is 13.0. The van der Waals surface area contributed by atoms with Gasteiger partial charge in [-0.3, -0.25) is 4.79 Å². The lowest BCUT2D eigenvalue weighted by Crippen LogP contribution is -2.33. The highest BCUT2D eigenvalue weighted by molar-refractivity contribution is 5.81. The van der Waals surface area contributed by atoms with Crippen molar-refractivity contribution in [2.24, 2.45) is 5.92 Å². The average molecular weight is 250 g/mol. The summed E-state index contributed by atoms with van der Waals surface area (Å²) in [7, 11) is 0. The minimum absolute atomic E-state index is 0.195. The third-order valence-electron chi connectivity index (χ3n) is 3.40. The van der Waals surface area contributed by atoms with E-state index in [9.17, 15) is 9.18 Å². The summed E-state index contributed by atoms with van der Waals surface area (Å²) in [6.07, 6.45) is 3.26. The van der Waals surface area contributed by atoms with E-state index in [1.165, 1.54) is 12.1 Å². The lowest BCUT2D eigenvalue weighted by molar-refractivity contribution is -0.121. The molecule has 2 nitrogen and oxygen atoms in total. The zero-order valence-corrected chi connectivity index (χ0v) is 10.7. The Bertz CT molecular complexity index is 411. The van der Waals surface area contributed by atoms with Crippen LogP contribution in [0.1, 0.15) is 31.7 Å². The van der Waals surface area contributed by atoms with Crippen LogP contribution in [0.15, 0.2) is 24.3 Å². The maximum absolute atomic E-state index is 13.0. The van der Waals surface area contributed by atoms with Crippen molar-refractivity contribution < 1.29 is 13.9 Å². The Morgan fingerprint density at radius 1 is 1.44 bits per heavy atom. The van der Waals surface area contributed by atoms with Gasteiger partial charge in [0, 0.05) is 19.4 Å². The molecule has 0 atom stereocenters. The van der Waals surface area contributed by atoms with Crippen molar-refractivity contribution >= 4 is 5.78 Å². The van der Waals surface area contributed by atoms with Crippen LogP contribution in [0, 0.1) is 11.7 Å².